The number of aromatic nitrogens is 3. The van der Waals surface area contributed by atoms with Crippen molar-refractivity contribution in [3.8, 4) is 5.69 Å². The van der Waals surface area contributed by atoms with Crippen LogP contribution >= 0.6 is 0 Å². The zero-order valence-electron chi connectivity index (χ0n) is 13.0. The van der Waals surface area contributed by atoms with Crippen molar-refractivity contribution in [1.82, 2.24) is 14.3 Å². The molecular weight excluding hydrogens is 302 g/mol. The molecule has 0 saturated carbocycles. The number of para-hydroxylation sites is 1. The number of nitrogens with zero attached hydrogens (tertiary/aromatic N) is 2. The van der Waals surface area contributed by atoms with Crippen molar-refractivity contribution >= 4 is 0 Å². The Morgan fingerprint density at radius 2 is 1.58 bits per heavy atom. The number of benzene rings is 2. The van der Waals surface area contributed by atoms with Gasteiger partial charge in [-0.25, -0.2) is 23.9 Å². The normalized spacial score (nSPS) is 19.7. The minimum Gasteiger partial charge on any atom is -0.246 e. The number of allylic oxidation sites excluding steroid dienone is 2. The third-order valence-corrected chi connectivity index (χ3v) is 4.48. The van der Waals surface area contributed by atoms with E-state index in [4.69, 9.17) is 0 Å². The van der Waals surface area contributed by atoms with Gasteiger partial charge in [-0.05, 0) is 24.1 Å². The van der Waals surface area contributed by atoms with E-state index < -0.39 is 5.69 Å². The first-order valence-corrected chi connectivity index (χ1v) is 7.96. The van der Waals surface area contributed by atoms with Gasteiger partial charge >= 0.3 is 11.4 Å². The fourth-order valence-electron chi connectivity index (χ4n) is 3.34. The van der Waals surface area contributed by atoms with Crippen molar-refractivity contribution in [3.63, 3.8) is 0 Å². The van der Waals surface area contributed by atoms with Gasteiger partial charge in [0.1, 0.15) is 0 Å². The van der Waals surface area contributed by atoms with Crippen molar-refractivity contribution in [2.75, 3.05) is 0 Å². The molecule has 2 aromatic carbocycles. The molecule has 2 atom stereocenters. The minimum absolute atomic E-state index is 0.0752. The van der Waals surface area contributed by atoms with Crippen LogP contribution in [0.5, 0.6) is 0 Å². The second kappa shape index (κ2) is 5.85. The Hall–Kier alpha value is -3.08. The third-order valence-electron chi connectivity index (χ3n) is 4.48. The lowest BCUT2D eigenvalue weighted by molar-refractivity contribution is 0.424. The highest BCUT2D eigenvalue weighted by Crippen LogP contribution is 2.36. The maximum atomic E-state index is 12.8. The summed E-state index contributed by atoms with van der Waals surface area (Å²) in [5.41, 5.74) is 0.965. The second-order valence-corrected chi connectivity index (χ2v) is 5.91. The van der Waals surface area contributed by atoms with Crippen LogP contribution in [0, 0.1) is 0 Å². The zero-order valence-corrected chi connectivity index (χ0v) is 13.0. The second-order valence-electron chi connectivity index (χ2n) is 5.91. The molecule has 0 radical (unpaired) electrons. The van der Waals surface area contributed by atoms with Crippen LogP contribution < -0.4 is 11.4 Å². The molecule has 0 aliphatic heterocycles. The van der Waals surface area contributed by atoms with Crippen molar-refractivity contribution < 1.29 is 0 Å². The van der Waals surface area contributed by atoms with Crippen molar-refractivity contribution in [1.29, 1.82) is 0 Å². The number of nitrogens with one attached hydrogen (secondary N) is 1. The monoisotopic (exact) mass is 319 g/mol. The molecule has 1 aliphatic rings. The summed E-state index contributed by atoms with van der Waals surface area (Å²) in [7, 11) is 0. The highest BCUT2D eigenvalue weighted by atomic mass is 16.2. The van der Waals surface area contributed by atoms with Crippen LogP contribution in [0.15, 0.2) is 82.4 Å². The molecule has 1 aromatic heterocycles. The first-order valence-electron chi connectivity index (χ1n) is 7.96. The Morgan fingerprint density at radius 1 is 0.917 bits per heavy atom. The number of hydrogen-bond acceptors (Lipinski definition) is 2. The van der Waals surface area contributed by atoms with Crippen LogP contribution in [-0.4, -0.2) is 14.3 Å². The van der Waals surface area contributed by atoms with Gasteiger partial charge in [0, 0.05) is 5.92 Å². The van der Waals surface area contributed by atoms with Crippen LogP contribution in [0.3, 0.4) is 0 Å². The van der Waals surface area contributed by atoms with E-state index in [2.05, 4.69) is 17.3 Å². The molecule has 24 heavy (non-hydrogen) atoms. The van der Waals surface area contributed by atoms with Crippen LogP contribution in [0.4, 0.5) is 0 Å². The smallest absolute Gasteiger partial charge is 0.246 e. The molecule has 1 heterocycles. The van der Waals surface area contributed by atoms with Crippen LogP contribution in [0.2, 0.25) is 0 Å². The SMILES string of the molecule is O=c1[nH]n([C@H]2CC=CC2c2ccccc2)c(=O)n1-c1ccccc1. The Balaban J connectivity index is 1.78. The van der Waals surface area contributed by atoms with E-state index in [1.54, 1.807) is 12.1 Å². The highest BCUT2D eigenvalue weighted by Gasteiger charge is 2.29. The lowest BCUT2D eigenvalue weighted by Gasteiger charge is -2.19. The summed E-state index contributed by atoms with van der Waals surface area (Å²) in [6.45, 7) is 0. The third kappa shape index (κ3) is 2.34. The van der Waals surface area contributed by atoms with Crippen LogP contribution in [-0.2, 0) is 0 Å². The van der Waals surface area contributed by atoms with Gasteiger partial charge in [0.25, 0.3) is 0 Å². The van der Waals surface area contributed by atoms with Gasteiger partial charge in [0.15, 0.2) is 0 Å². The van der Waals surface area contributed by atoms with Gasteiger partial charge in [0.05, 0.1) is 11.7 Å². The summed E-state index contributed by atoms with van der Waals surface area (Å²) in [5, 5.41) is 2.72. The van der Waals surface area contributed by atoms with E-state index in [1.165, 1.54) is 9.25 Å². The Labute approximate surface area is 138 Å². The molecule has 1 N–H and O–H groups in total. The number of hydrogen-bond donors (Lipinski definition) is 1. The Morgan fingerprint density at radius 3 is 2.29 bits per heavy atom. The maximum absolute atomic E-state index is 12.8. The molecule has 5 nitrogen and oxygen atoms in total. The van der Waals surface area contributed by atoms with E-state index in [1.807, 2.05) is 48.5 Å². The van der Waals surface area contributed by atoms with Gasteiger partial charge in [-0.2, -0.15) is 0 Å². The van der Waals surface area contributed by atoms with Crippen molar-refractivity contribution in [3.05, 3.63) is 99.3 Å². The van der Waals surface area contributed by atoms with E-state index in [9.17, 15) is 9.59 Å². The minimum atomic E-state index is -0.412. The maximum Gasteiger partial charge on any atom is 0.351 e. The summed E-state index contributed by atoms with van der Waals surface area (Å²) in [4.78, 5) is 25.1. The Kier molecular flexibility index (Phi) is 3.54. The highest BCUT2D eigenvalue weighted by molar-refractivity contribution is 5.31. The number of H-pyrrole nitrogens is 1. The molecule has 1 unspecified atom stereocenters. The average Bonchev–Trinajstić information content (AvgIpc) is 3.21. The largest absolute Gasteiger partial charge is 0.351 e. The lowest BCUT2D eigenvalue weighted by Crippen LogP contribution is -2.30. The predicted molar refractivity (Wildman–Crippen MR) is 92.6 cm³/mol. The summed E-state index contributed by atoms with van der Waals surface area (Å²) < 4.78 is 2.65. The lowest BCUT2D eigenvalue weighted by atomic mass is 9.95. The molecule has 0 saturated heterocycles. The fraction of sp³-hybridized carbons (Fsp3) is 0.158. The summed E-state index contributed by atoms with van der Waals surface area (Å²) >= 11 is 0. The van der Waals surface area contributed by atoms with E-state index in [0.717, 1.165) is 5.56 Å². The molecule has 0 amide bonds. The van der Waals surface area contributed by atoms with Gasteiger partial charge < -0.3 is 0 Å². The molecule has 5 heteroatoms. The van der Waals surface area contributed by atoms with Gasteiger partial charge in [-0.3, -0.25) is 0 Å². The molecule has 0 bridgehead atoms. The topological polar surface area (TPSA) is 59.8 Å². The van der Waals surface area contributed by atoms with Crippen LogP contribution in [0.25, 0.3) is 5.69 Å². The number of aromatic amines is 1. The summed E-state index contributed by atoms with van der Waals surface area (Å²) in [5.74, 6) is 0.0752. The summed E-state index contributed by atoms with van der Waals surface area (Å²) in [6.07, 6.45) is 4.88. The first-order chi connectivity index (χ1) is 11.8. The van der Waals surface area contributed by atoms with Gasteiger partial charge in [0.2, 0.25) is 0 Å². The first kappa shape index (κ1) is 14.5. The molecule has 3 aromatic rings. The van der Waals surface area contributed by atoms with Gasteiger partial charge in [-0.15, -0.1) is 0 Å². The molecule has 120 valence electrons. The van der Waals surface area contributed by atoms with E-state index in [-0.39, 0.29) is 17.6 Å². The quantitative estimate of drug-likeness (QED) is 0.754. The molecule has 1 aliphatic carbocycles. The number of rotatable bonds is 3. The Bertz CT molecular complexity index is 981. The molecule has 4 rings (SSSR count). The van der Waals surface area contributed by atoms with Crippen LogP contribution in [0.1, 0.15) is 23.9 Å². The van der Waals surface area contributed by atoms with Crippen molar-refractivity contribution in [2.24, 2.45) is 0 Å². The van der Waals surface area contributed by atoms with Gasteiger partial charge in [-0.1, -0.05) is 60.7 Å². The fourth-order valence-corrected chi connectivity index (χ4v) is 3.34. The average molecular weight is 319 g/mol. The molecule has 0 fully saturated rings. The standard InChI is InChI=1S/C19H17N3O2/c23-18-20-22(19(24)21(18)15-10-5-2-6-11-15)17-13-7-12-16(17)14-8-3-1-4-9-14/h1-12,16-17H,13H2,(H,20,23)/t16?,17-/m0/s1. The van der Waals surface area contributed by atoms with E-state index >= 15 is 0 Å². The molecular formula is C19H17N3O2. The molecule has 0 spiro atoms. The van der Waals surface area contributed by atoms with E-state index in [0.29, 0.717) is 12.1 Å². The van der Waals surface area contributed by atoms with Crippen molar-refractivity contribution in [2.45, 2.75) is 18.4 Å². The predicted octanol–water partition coefficient (Wildman–Crippen LogP) is 2.61. The summed E-state index contributed by atoms with van der Waals surface area (Å²) in [6, 6.07) is 18.9. The zero-order chi connectivity index (χ0) is 16.5.